The molecule has 2 aromatic rings. The maximum absolute atomic E-state index is 10.7. The summed E-state index contributed by atoms with van der Waals surface area (Å²) in [6.07, 6.45) is 0. The molecule has 104 valence electrons. The fraction of sp³-hybridized carbons (Fsp3) is 0.143. The minimum atomic E-state index is -0.428. The van der Waals surface area contributed by atoms with E-state index in [0.717, 1.165) is 10.0 Å². The number of nitrogens with zero attached hydrogens (tertiary/aromatic N) is 1. The van der Waals surface area contributed by atoms with E-state index in [2.05, 4.69) is 15.9 Å². The van der Waals surface area contributed by atoms with Gasteiger partial charge in [-0.15, -0.1) is 0 Å². The van der Waals surface area contributed by atoms with Gasteiger partial charge in [-0.05, 0) is 52.2 Å². The van der Waals surface area contributed by atoms with E-state index in [4.69, 9.17) is 10.5 Å². The molecule has 6 heteroatoms. The normalized spacial score (nSPS) is 10.3. The van der Waals surface area contributed by atoms with Crippen LogP contribution < -0.4 is 10.5 Å². The van der Waals surface area contributed by atoms with Crippen LogP contribution in [0.1, 0.15) is 11.1 Å². The largest absolute Gasteiger partial charge is 0.456 e. The molecule has 0 aromatic heterocycles. The summed E-state index contributed by atoms with van der Waals surface area (Å²) in [7, 11) is 0. The summed E-state index contributed by atoms with van der Waals surface area (Å²) < 4.78 is 6.55. The van der Waals surface area contributed by atoms with Crippen molar-refractivity contribution in [2.75, 3.05) is 0 Å². The molecule has 0 bridgehead atoms. The van der Waals surface area contributed by atoms with E-state index < -0.39 is 4.92 Å². The lowest BCUT2D eigenvalue weighted by atomic mass is 10.2. The second kappa shape index (κ2) is 6.02. The van der Waals surface area contributed by atoms with E-state index in [-0.39, 0.29) is 5.69 Å². The molecule has 2 N–H and O–H groups in total. The van der Waals surface area contributed by atoms with Gasteiger partial charge in [-0.25, -0.2) is 0 Å². The number of nitro groups is 1. The second-order valence-corrected chi connectivity index (χ2v) is 5.13. The Morgan fingerprint density at radius 1 is 1.25 bits per heavy atom. The molecule has 0 amide bonds. The molecule has 2 aromatic carbocycles. The van der Waals surface area contributed by atoms with Gasteiger partial charge in [0.05, 0.1) is 9.40 Å². The van der Waals surface area contributed by atoms with Crippen molar-refractivity contribution in [1.29, 1.82) is 0 Å². The minimum absolute atomic E-state index is 0.0485. The lowest BCUT2D eigenvalue weighted by Gasteiger charge is -2.11. The lowest BCUT2D eigenvalue weighted by molar-refractivity contribution is -0.384. The smallest absolute Gasteiger partial charge is 0.269 e. The van der Waals surface area contributed by atoms with E-state index in [1.807, 2.05) is 18.2 Å². The summed E-state index contributed by atoms with van der Waals surface area (Å²) in [5.41, 5.74) is 7.31. The monoisotopic (exact) mass is 336 g/mol. The van der Waals surface area contributed by atoms with Crippen molar-refractivity contribution in [3.8, 4) is 11.5 Å². The number of nitrogens with two attached hydrogens (primary N) is 1. The highest BCUT2D eigenvalue weighted by Gasteiger charge is 2.11. The van der Waals surface area contributed by atoms with Crippen LogP contribution in [-0.2, 0) is 6.54 Å². The Morgan fingerprint density at radius 3 is 2.50 bits per heavy atom. The topological polar surface area (TPSA) is 78.4 Å². The van der Waals surface area contributed by atoms with E-state index in [1.54, 1.807) is 13.0 Å². The predicted octanol–water partition coefficient (Wildman–Crippen LogP) is 3.92. The fourth-order valence-corrected chi connectivity index (χ4v) is 2.24. The molecule has 0 aliphatic carbocycles. The van der Waals surface area contributed by atoms with Gasteiger partial charge in [0.2, 0.25) is 0 Å². The van der Waals surface area contributed by atoms with Crippen LogP contribution in [0.5, 0.6) is 11.5 Å². The first kappa shape index (κ1) is 14.5. The van der Waals surface area contributed by atoms with Crippen molar-refractivity contribution >= 4 is 21.6 Å². The predicted molar refractivity (Wildman–Crippen MR) is 79.9 cm³/mol. The van der Waals surface area contributed by atoms with Crippen molar-refractivity contribution in [3.05, 3.63) is 62.1 Å². The maximum Gasteiger partial charge on any atom is 0.269 e. The number of non-ortho nitro benzene ring substituents is 1. The molecule has 0 saturated heterocycles. The van der Waals surface area contributed by atoms with Gasteiger partial charge >= 0.3 is 0 Å². The number of ether oxygens (including phenoxy) is 1. The van der Waals surface area contributed by atoms with Crippen LogP contribution in [0.3, 0.4) is 0 Å². The molecule has 0 atom stereocenters. The van der Waals surface area contributed by atoms with E-state index >= 15 is 0 Å². The highest BCUT2D eigenvalue weighted by atomic mass is 79.9. The number of nitro benzene ring substituents is 1. The van der Waals surface area contributed by atoms with Crippen LogP contribution in [0.25, 0.3) is 0 Å². The Hall–Kier alpha value is -1.92. The Kier molecular flexibility index (Phi) is 4.36. The van der Waals surface area contributed by atoms with E-state index in [9.17, 15) is 10.1 Å². The number of benzene rings is 2. The van der Waals surface area contributed by atoms with Gasteiger partial charge < -0.3 is 10.5 Å². The fourth-order valence-electron chi connectivity index (χ4n) is 1.73. The molecule has 0 spiro atoms. The first-order valence-corrected chi connectivity index (χ1v) is 6.72. The summed E-state index contributed by atoms with van der Waals surface area (Å²) >= 11 is 3.42. The van der Waals surface area contributed by atoms with Gasteiger partial charge in [0, 0.05) is 18.7 Å². The molecule has 20 heavy (non-hydrogen) atoms. The van der Waals surface area contributed by atoms with E-state index in [1.165, 1.54) is 12.1 Å². The average Bonchev–Trinajstić information content (AvgIpc) is 2.42. The molecule has 0 aliphatic heterocycles. The Bertz CT molecular complexity index is 659. The molecule has 5 nitrogen and oxygen atoms in total. The quantitative estimate of drug-likeness (QED) is 0.677. The summed E-state index contributed by atoms with van der Waals surface area (Å²) in [6, 6.07) is 10.1. The van der Waals surface area contributed by atoms with Crippen LogP contribution in [0.15, 0.2) is 40.9 Å². The third kappa shape index (κ3) is 3.15. The van der Waals surface area contributed by atoms with Gasteiger partial charge in [0.15, 0.2) is 0 Å². The van der Waals surface area contributed by atoms with Crippen LogP contribution in [0.2, 0.25) is 0 Å². The Morgan fingerprint density at radius 2 is 1.95 bits per heavy atom. The van der Waals surface area contributed by atoms with Gasteiger partial charge in [-0.3, -0.25) is 10.1 Å². The molecule has 0 radical (unpaired) electrons. The van der Waals surface area contributed by atoms with Gasteiger partial charge in [0.1, 0.15) is 11.5 Å². The molecule has 0 aliphatic rings. The standard InChI is InChI=1S/C14H13BrN2O3/c1-9-6-11(17(18)19)3-5-13(9)20-14-4-2-10(8-16)7-12(14)15/h2-7H,8,16H2,1H3. The molecular weight excluding hydrogens is 324 g/mol. The third-order valence-electron chi connectivity index (χ3n) is 2.82. The van der Waals surface area contributed by atoms with Crippen molar-refractivity contribution in [1.82, 2.24) is 0 Å². The number of halogens is 1. The maximum atomic E-state index is 10.7. The highest BCUT2D eigenvalue weighted by Crippen LogP contribution is 2.33. The first-order valence-electron chi connectivity index (χ1n) is 5.92. The lowest BCUT2D eigenvalue weighted by Crippen LogP contribution is -1.97. The number of hydrogen-bond acceptors (Lipinski definition) is 4. The van der Waals surface area contributed by atoms with Crippen molar-refractivity contribution in [2.45, 2.75) is 13.5 Å². The Labute approximate surface area is 124 Å². The zero-order valence-corrected chi connectivity index (χ0v) is 12.4. The van der Waals surface area contributed by atoms with Gasteiger partial charge in [-0.2, -0.15) is 0 Å². The van der Waals surface area contributed by atoms with Crippen molar-refractivity contribution < 1.29 is 9.66 Å². The minimum Gasteiger partial charge on any atom is -0.456 e. The zero-order chi connectivity index (χ0) is 14.7. The summed E-state index contributed by atoms with van der Waals surface area (Å²) in [4.78, 5) is 10.3. The molecule has 2 rings (SSSR count). The third-order valence-corrected chi connectivity index (χ3v) is 3.44. The molecule has 0 unspecified atom stereocenters. The van der Waals surface area contributed by atoms with Crippen LogP contribution >= 0.6 is 15.9 Å². The zero-order valence-electron chi connectivity index (χ0n) is 10.8. The van der Waals surface area contributed by atoms with Gasteiger partial charge in [0.25, 0.3) is 5.69 Å². The summed E-state index contributed by atoms with van der Waals surface area (Å²) in [5, 5.41) is 10.7. The van der Waals surface area contributed by atoms with Crippen LogP contribution in [0.4, 0.5) is 5.69 Å². The summed E-state index contributed by atoms with van der Waals surface area (Å²) in [5.74, 6) is 1.22. The second-order valence-electron chi connectivity index (χ2n) is 4.28. The number of hydrogen-bond donors (Lipinski definition) is 1. The Balaban J connectivity index is 2.28. The molecular formula is C14H13BrN2O3. The average molecular weight is 337 g/mol. The molecule has 0 heterocycles. The first-order chi connectivity index (χ1) is 9.51. The van der Waals surface area contributed by atoms with Crippen molar-refractivity contribution in [3.63, 3.8) is 0 Å². The highest BCUT2D eigenvalue weighted by molar-refractivity contribution is 9.10. The van der Waals surface area contributed by atoms with Gasteiger partial charge in [-0.1, -0.05) is 6.07 Å². The summed E-state index contributed by atoms with van der Waals surface area (Å²) in [6.45, 7) is 2.22. The molecule has 0 fully saturated rings. The molecule has 0 saturated carbocycles. The van der Waals surface area contributed by atoms with Crippen molar-refractivity contribution in [2.24, 2.45) is 5.73 Å². The number of rotatable bonds is 4. The van der Waals surface area contributed by atoms with E-state index in [0.29, 0.717) is 23.6 Å². The van der Waals surface area contributed by atoms with Crippen LogP contribution in [0, 0.1) is 17.0 Å². The van der Waals surface area contributed by atoms with Crippen LogP contribution in [-0.4, -0.2) is 4.92 Å². The number of aryl methyl sites for hydroxylation is 1. The SMILES string of the molecule is Cc1cc([N+](=O)[O-])ccc1Oc1ccc(CN)cc1Br.